The van der Waals surface area contributed by atoms with Crippen molar-refractivity contribution in [2.45, 2.75) is 51.0 Å². The molecule has 0 saturated heterocycles. The van der Waals surface area contributed by atoms with E-state index in [9.17, 15) is 0 Å². The maximum Gasteiger partial charge on any atom is 0.109 e. The molecule has 0 aromatic carbocycles. The largest absolute Gasteiger partial charge is 0.328 e. The minimum atomic E-state index is 0.508. The first kappa shape index (κ1) is 9.40. The van der Waals surface area contributed by atoms with Crippen molar-refractivity contribution in [2.75, 3.05) is 6.54 Å². The molecule has 1 saturated carbocycles. The molecule has 0 bridgehead atoms. The summed E-state index contributed by atoms with van der Waals surface area (Å²) in [6, 6.07) is 0.508. The molecule has 0 radical (unpaired) electrons. The van der Waals surface area contributed by atoms with Crippen LogP contribution >= 0.6 is 0 Å². The van der Waals surface area contributed by atoms with Crippen molar-refractivity contribution in [1.29, 1.82) is 0 Å². The SMILES string of the molecule is Cc1c(C2CC2)nc2n1C(CN)CCC2. The minimum absolute atomic E-state index is 0.508. The van der Waals surface area contributed by atoms with E-state index in [2.05, 4.69) is 11.5 Å². The molecule has 1 aromatic heterocycles. The third kappa shape index (κ3) is 1.41. The number of imidazole rings is 1. The van der Waals surface area contributed by atoms with E-state index in [-0.39, 0.29) is 0 Å². The monoisotopic (exact) mass is 205 g/mol. The van der Waals surface area contributed by atoms with Gasteiger partial charge in [-0.15, -0.1) is 0 Å². The molecule has 3 nitrogen and oxygen atoms in total. The molecule has 1 unspecified atom stereocenters. The van der Waals surface area contributed by atoms with Crippen molar-refractivity contribution in [2.24, 2.45) is 5.73 Å². The molecule has 1 fully saturated rings. The van der Waals surface area contributed by atoms with Gasteiger partial charge in [0, 0.05) is 30.6 Å². The summed E-state index contributed by atoms with van der Waals surface area (Å²) < 4.78 is 2.41. The molecule has 3 rings (SSSR count). The van der Waals surface area contributed by atoms with Gasteiger partial charge in [0.25, 0.3) is 0 Å². The Morgan fingerprint density at radius 3 is 2.87 bits per heavy atom. The van der Waals surface area contributed by atoms with Crippen molar-refractivity contribution in [3.63, 3.8) is 0 Å². The number of nitrogens with two attached hydrogens (primary N) is 1. The van der Waals surface area contributed by atoms with Crippen molar-refractivity contribution >= 4 is 0 Å². The fourth-order valence-electron chi connectivity index (χ4n) is 2.84. The summed E-state index contributed by atoms with van der Waals surface area (Å²) in [5.41, 5.74) is 8.60. The zero-order chi connectivity index (χ0) is 10.4. The van der Waals surface area contributed by atoms with E-state index in [0.29, 0.717) is 6.04 Å². The predicted octanol–water partition coefficient (Wildman–Crippen LogP) is 1.91. The minimum Gasteiger partial charge on any atom is -0.328 e. The van der Waals surface area contributed by atoms with E-state index in [1.165, 1.54) is 42.9 Å². The number of hydrogen-bond donors (Lipinski definition) is 1. The molecule has 2 N–H and O–H groups in total. The summed E-state index contributed by atoms with van der Waals surface area (Å²) in [5, 5.41) is 0. The first-order valence-electron chi connectivity index (χ1n) is 6.09. The summed E-state index contributed by atoms with van der Waals surface area (Å²) in [6.45, 7) is 2.98. The number of hydrogen-bond acceptors (Lipinski definition) is 2. The fraction of sp³-hybridized carbons (Fsp3) is 0.750. The maximum absolute atomic E-state index is 5.84. The van der Waals surface area contributed by atoms with Gasteiger partial charge < -0.3 is 10.3 Å². The number of fused-ring (bicyclic) bond motifs is 1. The standard InChI is InChI=1S/C12H19N3/c1-8-12(9-5-6-9)14-11-4-2-3-10(7-13)15(8)11/h9-10H,2-7,13H2,1H3. The number of aryl methyl sites for hydroxylation is 1. The van der Waals surface area contributed by atoms with Crippen LogP contribution in [0.2, 0.25) is 0 Å². The van der Waals surface area contributed by atoms with E-state index >= 15 is 0 Å². The summed E-state index contributed by atoms with van der Waals surface area (Å²) in [4.78, 5) is 4.82. The van der Waals surface area contributed by atoms with Crippen LogP contribution in [0.15, 0.2) is 0 Å². The van der Waals surface area contributed by atoms with Gasteiger partial charge in [0.05, 0.1) is 5.69 Å². The van der Waals surface area contributed by atoms with Gasteiger partial charge in [-0.05, 0) is 32.6 Å². The van der Waals surface area contributed by atoms with Crippen LogP contribution in [-0.2, 0) is 6.42 Å². The molecule has 1 aliphatic carbocycles. The number of nitrogens with zero attached hydrogens (tertiary/aromatic N) is 2. The molecule has 82 valence electrons. The Morgan fingerprint density at radius 1 is 1.40 bits per heavy atom. The van der Waals surface area contributed by atoms with Crippen molar-refractivity contribution in [3.05, 3.63) is 17.2 Å². The second-order valence-electron chi connectivity index (χ2n) is 4.92. The van der Waals surface area contributed by atoms with Crippen molar-refractivity contribution < 1.29 is 0 Å². The van der Waals surface area contributed by atoms with E-state index in [1.54, 1.807) is 0 Å². The Kier molecular flexibility index (Phi) is 2.09. The zero-order valence-electron chi connectivity index (χ0n) is 9.37. The highest BCUT2D eigenvalue weighted by atomic mass is 15.1. The fourth-order valence-corrected chi connectivity index (χ4v) is 2.84. The zero-order valence-corrected chi connectivity index (χ0v) is 9.37. The first-order chi connectivity index (χ1) is 7.31. The van der Waals surface area contributed by atoms with Gasteiger partial charge >= 0.3 is 0 Å². The molecule has 0 amide bonds. The molecule has 1 aliphatic heterocycles. The Balaban J connectivity index is 2.05. The Bertz CT molecular complexity index is 376. The van der Waals surface area contributed by atoms with Gasteiger partial charge in [-0.1, -0.05) is 0 Å². The van der Waals surface area contributed by atoms with E-state index in [0.717, 1.165) is 18.9 Å². The molecule has 3 heteroatoms. The predicted molar refractivity (Wildman–Crippen MR) is 60.0 cm³/mol. The molecule has 2 heterocycles. The second kappa shape index (κ2) is 3.34. The van der Waals surface area contributed by atoms with E-state index in [1.807, 2.05) is 0 Å². The molecular weight excluding hydrogens is 186 g/mol. The molecule has 15 heavy (non-hydrogen) atoms. The average molecular weight is 205 g/mol. The smallest absolute Gasteiger partial charge is 0.109 e. The first-order valence-corrected chi connectivity index (χ1v) is 6.09. The lowest BCUT2D eigenvalue weighted by atomic mass is 10.0. The van der Waals surface area contributed by atoms with Crippen LogP contribution in [0.3, 0.4) is 0 Å². The van der Waals surface area contributed by atoms with Gasteiger partial charge in [-0.2, -0.15) is 0 Å². The van der Waals surface area contributed by atoms with Gasteiger partial charge in [-0.25, -0.2) is 4.98 Å². The van der Waals surface area contributed by atoms with Crippen LogP contribution in [0, 0.1) is 6.92 Å². The molecule has 2 aliphatic rings. The number of aromatic nitrogens is 2. The third-order valence-corrected chi connectivity index (χ3v) is 3.80. The summed E-state index contributed by atoms with van der Waals surface area (Å²) >= 11 is 0. The van der Waals surface area contributed by atoms with Gasteiger partial charge in [0.15, 0.2) is 0 Å². The van der Waals surface area contributed by atoms with Crippen LogP contribution in [-0.4, -0.2) is 16.1 Å². The Hall–Kier alpha value is -0.830. The summed E-state index contributed by atoms with van der Waals surface area (Å²) in [5.74, 6) is 2.05. The van der Waals surface area contributed by atoms with Crippen LogP contribution in [0.5, 0.6) is 0 Å². The normalized spacial score (nSPS) is 25.3. The quantitative estimate of drug-likeness (QED) is 0.801. The number of rotatable bonds is 2. The Morgan fingerprint density at radius 2 is 2.20 bits per heavy atom. The topological polar surface area (TPSA) is 43.8 Å². The van der Waals surface area contributed by atoms with Gasteiger partial charge in [-0.3, -0.25) is 0 Å². The lowest BCUT2D eigenvalue weighted by molar-refractivity contribution is 0.398. The van der Waals surface area contributed by atoms with Crippen LogP contribution in [0.25, 0.3) is 0 Å². The average Bonchev–Trinajstić information content (AvgIpc) is 3.04. The van der Waals surface area contributed by atoms with Gasteiger partial charge in [0.1, 0.15) is 5.82 Å². The van der Waals surface area contributed by atoms with Crippen LogP contribution in [0.1, 0.15) is 54.9 Å². The highest BCUT2D eigenvalue weighted by Crippen LogP contribution is 2.42. The molecule has 1 atom stereocenters. The summed E-state index contributed by atoms with van der Waals surface area (Å²) in [7, 11) is 0. The molecular formula is C12H19N3. The Labute approximate surface area is 90.7 Å². The van der Waals surface area contributed by atoms with Crippen LogP contribution in [0.4, 0.5) is 0 Å². The maximum atomic E-state index is 5.84. The molecule has 0 spiro atoms. The van der Waals surface area contributed by atoms with Crippen molar-refractivity contribution in [3.8, 4) is 0 Å². The highest BCUT2D eigenvalue weighted by Gasteiger charge is 2.32. The molecule has 1 aromatic rings. The lowest BCUT2D eigenvalue weighted by Crippen LogP contribution is -2.25. The summed E-state index contributed by atoms with van der Waals surface area (Å²) in [6.07, 6.45) is 6.30. The second-order valence-corrected chi connectivity index (χ2v) is 4.92. The van der Waals surface area contributed by atoms with E-state index in [4.69, 9.17) is 10.7 Å². The van der Waals surface area contributed by atoms with E-state index < -0.39 is 0 Å². The van der Waals surface area contributed by atoms with Crippen LogP contribution < -0.4 is 5.73 Å². The van der Waals surface area contributed by atoms with Crippen molar-refractivity contribution in [1.82, 2.24) is 9.55 Å². The third-order valence-electron chi connectivity index (χ3n) is 3.80. The lowest BCUT2D eigenvalue weighted by Gasteiger charge is -2.25. The highest BCUT2D eigenvalue weighted by molar-refractivity contribution is 5.25. The van der Waals surface area contributed by atoms with Gasteiger partial charge in [0.2, 0.25) is 0 Å².